The molecule has 0 bridgehead atoms. The second-order valence-electron chi connectivity index (χ2n) is 3.11. The van der Waals surface area contributed by atoms with Crippen LogP contribution in [-0.2, 0) is 0 Å². The van der Waals surface area contributed by atoms with E-state index >= 15 is 0 Å². The van der Waals surface area contributed by atoms with Gasteiger partial charge in [-0.2, -0.15) is 0 Å². The second kappa shape index (κ2) is 4.96. The predicted octanol–water partition coefficient (Wildman–Crippen LogP) is 2.63. The Morgan fingerprint density at radius 3 is 2.71 bits per heavy atom. The lowest BCUT2D eigenvalue weighted by atomic mass is 10.0. The lowest BCUT2D eigenvalue weighted by Gasteiger charge is -2.15. The number of rotatable bonds is 4. The van der Waals surface area contributed by atoms with Gasteiger partial charge in [0.15, 0.2) is 11.6 Å². The maximum Gasteiger partial charge on any atom is 0.165 e. The zero-order chi connectivity index (χ0) is 10.6. The van der Waals surface area contributed by atoms with Crippen LogP contribution in [0.5, 0.6) is 5.75 Å². The molecule has 0 aromatic heterocycles. The summed E-state index contributed by atoms with van der Waals surface area (Å²) in [5.41, 5.74) is 6.59. The van der Waals surface area contributed by atoms with Crippen molar-refractivity contribution in [3.63, 3.8) is 0 Å². The quantitative estimate of drug-likeness (QED) is 0.805. The fraction of sp³-hybridized carbons (Fsp3) is 0.455. The third kappa shape index (κ3) is 2.23. The van der Waals surface area contributed by atoms with Gasteiger partial charge in [0.1, 0.15) is 0 Å². The van der Waals surface area contributed by atoms with Crippen molar-refractivity contribution >= 4 is 0 Å². The number of ether oxygens (including phenoxy) is 1. The first-order valence-corrected chi connectivity index (χ1v) is 4.87. The first-order valence-electron chi connectivity index (χ1n) is 4.87. The van der Waals surface area contributed by atoms with Crippen LogP contribution in [0.15, 0.2) is 18.2 Å². The third-order valence-electron chi connectivity index (χ3n) is 2.13. The molecular weight excluding hydrogens is 181 g/mol. The zero-order valence-corrected chi connectivity index (χ0v) is 8.59. The molecule has 1 rings (SSSR count). The van der Waals surface area contributed by atoms with Crippen molar-refractivity contribution in [2.45, 2.75) is 26.3 Å². The van der Waals surface area contributed by atoms with E-state index in [1.165, 1.54) is 6.07 Å². The van der Waals surface area contributed by atoms with Crippen LogP contribution in [0, 0.1) is 5.82 Å². The van der Waals surface area contributed by atoms with Crippen LogP contribution in [0.25, 0.3) is 0 Å². The minimum absolute atomic E-state index is 0.160. The smallest absolute Gasteiger partial charge is 0.165 e. The summed E-state index contributed by atoms with van der Waals surface area (Å²) < 4.78 is 18.6. The standard InChI is InChI=1S/C11H16FNO/c1-3-10(13)8-6-5-7-9(12)11(8)14-4-2/h5-7,10H,3-4,13H2,1-2H3. The molecule has 3 heteroatoms. The van der Waals surface area contributed by atoms with Crippen LogP contribution < -0.4 is 10.5 Å². The van der Waals surface area contributed by atoms with E-state index in [-0.39, 0.29) is 11.9 Å². The molecule has 0 amide bonds. The van der Waals surface area contributed by atoms with E-state index in [1.807, 2.05) is 19.9 Å². The molecule has 2 N–H and O–H groups in total. The summed E-state index contributed by atoms with van der Waals surface area (Å²) in [6.07, 6.45) is 0.767. The molecule has 0 spiro atoms. The van der Waals surface area contributed by atoms with E-state index < -0.39 is 0 Å². The number of nitrogens with two attached hydrogens (primary N) is 1. The molecule has 1 aromatic carbocycles. The minimum Gasteiger partial charge on any atom is -0.490 e. The topological polar surface area (TPSA) is 35.2 Å². The highest BCUT2D eigenvalue weighted by Gasteiger charge is 2.13. The van der Waals surface area contributed by atoms with E-state index in [2.05, 4.69) is 0 Å². The van der Waals surface area contributed by atoms with Gasteiger partial charge >= 0.3 is 0 Å². The SMILES string of the molecule is CCOc1c(F)cccc1C(N)CC. The molecule has 0 saturated heterocycles. The first-order chi connectivity index (χ1) is 6.70. The molecule has 0 saturated carbocycles. The third-order valence-corrected chi connectivity index (χ3v) is 2.13. The molecule has 1 aromatic rings. The van der Waals surface area contributed by atoms with Crippen molar-refractivity contribution < 1.29 is 9.13 Å². The van der Waals surface area contributed by atoms with Crippen LogP contribution in [0.2, 0.25) is 0 Å². The summed E-state index contributed by atoms with van der Waals surface area (Å²) in [4.78, 5) is 0. The summed E-state index contributed by atoms with van der Waals surface area (Å²) in [6.45, 7) is 4.24. The molecular formula is C11H16FNO. The Morgan fingerprint density at radius 1 is 1.43 bits per heavy atom. The average molecular weight is 197 g/mol. The van der Waals surface area contributed by atoms with Crippen LogP contribution in [0.3, 0.4) is 0 Å². The zero-order valence-electron chi connectivity index (χ0n) is 8.59. The molecule has 14 heavy (non-hydrogen) atoms. The number of halogens is 1. The van der Waals surface area contributed by atoms with E-state index in [9.17, 15) is 4.39 Å². The fourth-order valence-electron chi connectivity index (χ4n) is 1.33. The number of para-hydroxylation sites is 1. The highest BCUT2D eigenvalue weighted by Crippen LogP contribution is 2.28. The van der Waals surface area contributed by atoms with Crippen molar-refractivity contribution in [1.29, 1.82) is 0 Å². The number of hydrogen-bond acceptors (Lipinski definition) is 2. The Morgan fingerprint density at radius 2 is 2.14 bits per heavy atom. The monoisotopic (exact) mass is 197 g/mol. The van der Waals surface area contributed by atoms with Gasteiger partial charge in [-0.15, -0.1) is 0 Å². The van der Waals surface area contributed by atoms with Gasteiger partial charge in [-0.3, -0.25) is 0 Å². The van der Waals surface area contributed by atoms with Gasteiger partial charge in [0.25, 0.3) is 0 Å². The molecule has 0 fully saturated rings. The van der Waals surface area contributed by atoms with Crippen LogP contribution in [-0.4, -0.2) is 6.61 Å². The predicted molar refractivity (Wildman–Crippen MR) is 54.8 cm³/mol. The maximum absolute atomic E-state index is 13.4. The molecule has 0 aliphatic heterocycles. The highest BCUT2D eigenvalue weighted by atomic mass is 19.1. The van der Waals surface area contributed by atoms with Crippen molar-refractivity contribution in [3.8, 4) is 5.75 Å². The Hall–Kier alpha value is -1.09. The highest BCUT2D eigenvalue weighted by molar-refractivity contribution is 5.37. The fourth-order valence-corrected chi connectivity index (χ4v) is 1.33. The molecule has 0 aliphatic rings. The molecule has 0 radical (unpaired) electrons. The van der Waals surface area contributed by atoms with Crippen LogP contribution >= 0.6 is 0 Å². The van der Waals surface area contributed by atoms with Gasteiger partial charge < -0.3 is 10.5 Å². The van der Waals surface area contributed by atoms with Gasteiger partial charge in [0.2, 0.25) is 0 Å². The van der Waals surface area contributed by atoms with E-state index in [0.717, 1.165) is 12.0 Å². The van der Waals surface area contributed by atoms with Crippen molar-refractivity contribution in [2.24, 2.45) is 5.73 Å². The summed E-state index contributed by atoms with van der Waals surface area (Å²) in [7, 11) is 0. The van der Waals surface area contributed by atoms with Crippen LogP contribution in [0.4, 0.5) is 4.39 Å². The molecule has 0 heterocycles. The van der Waals surface area contributed by atoms with Crippen LogP contribution in [0.1, 0.15) is 31.9 Å². The van der Waals surface area contributed by atoms with Crippen molar-refractivity contribution in [2.75, 3.05) is 6.61 Å². The molecule has 2 nitrogen and oxygen atoms in total. The van der Waals surface area contributed by atoms with Crippen molar-refractivity contribution in [3.05, 3.63) is 29.6 Å². The average Bonchev–Trinajstić information content (AvgIpc) is 2.20. The van der Waals surface area contributed by atoms with Crippen molar-refractivity contribution in [1.82, 2.24) is 0 Å². The summed E-state index contributed by atoms with van der Waals surface area (Å²) >= 11 is 0. The normalized spacial score (nSPS) is 12.6. The lowest BCUT2D eigenvalue weighted by Crippen LogP contribution is -2.11. The van der Waals surface area contributed by atoms with E-state index in [4.69, 9.17) is 10.5 Å². The first kappa shape index (κ1) is 11.0. The van der Waals surface area contributed by atoms with Gasteiger partial charge in [-0.1, -0.05) is 19.1 Å². The number of benzene rings is 1. The van der Waals surface area contributed by atoms with E-state index in [1.54, 1.807) is 6.07 Å². The molecule has 78 valence electrons. The summed E-state index contributed by atoms with van der Waals surface area (Å²) in [6, 6.07) is 4.69. The summed E-state index contributed by atoms with van der Waals surface area (Å²) in [5, 5.41) is 0. The summed E-state index contributed by atoms with van der Waals surface area (Å²) in [5.74, 6) is -0.0439. The lowest BCUT2D eigenvalue weighted by molar-refractivity contribution is 0.315. The molecule has 1 atom stereocenters. The minimum atomic E-state index is -0.340. The van der Waals surface area contributed by atoms with Gasteiger partial charge in [-0.25, -0.2) is 4.39 Å². The van der Waals surface area contributed by atoms with E-state index in [0.29, 0.717) is 12.4 Å². The Bertz CT molecular complexity index is 301. The number of hydrogen-bond donors (Lipinski definition) is 1. The van der Waals surface area contributed by atoms with Gasteiger partial charge in [0, 0.05) is 11.6 Å². The maximum atomic E-state index is 13.4. The molecule has 1 unspecified atom stereocenters. The Balaban J connectivity index is 3.07. The van der Waals surface area contributed by atoms with Gasteiger partial charge in [-0.05, 0) is 19.4 Å². The largest absolute Gasteiger partial charge is 0.490 e. The Kier molecular flexibility index (Phi) is 3.89. The van der Waals surface area contributed by atoms with Gasteiger partial charge in [0.05, 0.1) is 6.61 Å². The Labute approximate surface area is 83.9 Å². The second-order valence-corrected chi connectivity index (χ2v) is 3.11. The molecule has 0 aliphatic carbocycles.